The Bertz CT molecular complexity index is 305. The van der Waals surface area contributed by atoms with Gasteiger partial charge in [-0.3, -0.25) is 4.68 Å². The third-order valence-electron chi connectivity index (χ3n) is 3.18. The van der Waals surface area contributed by atoms with Gasteiger partial charge in [-0.1, -0.05) is 30.9 Å². The van der Waals surface area contributed by atoms with Gasteiger partial charge in [0.25, 0.3) is 0 Å². The van der Waals surface area contributed by atoms with E-state index in [1.54, 1.807) is 4.68 Å². The second kappa shape index (κ2) is 4.75. The van der Waals surface area contributed by atoms with Crippen molar-refractivity contribution in [2.45, 2.75) is 44.6 Å². The highest BCUT2D eigenvalue weighted by molar-refractivity contribution is 4.94. The van der Waals surface area contributed by atoms with Crippen molar-refractivity contribution < 1.29 is 5.11 Å². The monoisotopic (exact) mass is 209 g/mol. The van der Waals surface area contributed by atoms with Gasteiger partial charge in [0.15, 0.2) is 0 Å². The second-order valence-corrected chi connectivity index (χ2v) is 4.63. The van der Waals surface area contributed by atoms with Gasteiger partial charge in [0.05, 0.1) is 11.8 Å². The molecule has 0 spiro atoms. The SMILES string of the molecule is Cn1cc(CC(O)CC2CCCC2)nn1. The molecule has 2 rings (SSSR count). The Labute approximate surface area is 90.3 Å². The Balaban J connectivity index is 1.78. The molecule has 1 heterocycles. The van der Waals surface area contributed by atoms with Gasteiger partial charge in [-0.05, 0) is 12.3 Å². The van der Waals surface area contributed by atoms with E-state index >= 15 is 0 Å². The molecule has 4 nitrogen and oxygen atoms in total. The molecule has 1 aromatic heterocycles. The quantitative estimate of drug-likeness (QED) is 0.813. The fourth-order valence-electron chi connectivity index (χ4n) is 2.44. The molecule has 0 radical (unpaired) electrons. The minimum absolute atomic E-state index is 0.246. The fourth-order valence-corrected chi connectivity index (χ4v) is 2.44. The Kier molecular flexibility index (Phi) is 3.36. The predicted molar refractivity (Wildman–Crippen MR) is 57.3 cm³/mol. The number of aryl methyl sites for hydroxylation is 1. The van der Waals surface area contributed by atoms with Crippen LogP contribution in [-0.4, -0.2) is 26.2 Å². The molecule has 1 aromatic rings. The van der Waals surface area contributed by atoms with Gasteiger partial charge < -0.3 is 5.11 Å². The van der Waals surface area contributed by atoms with Gasteiger partial charge in [-0.25, -0.2) is 0 Å². The van der Waals surface area contributed by atoms with E-state index in [0.29, 0.717) is 6.42 Å². The van der Waals surface area contributed by atoms with E-state index < -0.39 is 0 Å². The van der Waals surface area contributed by atoms with Crippen LogP contribution >= 0.6 is 0 Å². The normalized spacial score (nSPS) is 19.6. The molecule has 0 bridgehead atoms. The van der Waals surface area contributed by atoms with E-state index in [9.17, 15) is 5.11 Å². The minimum atomic E-state index is -0.246. The summed E-state index contributed by atoms with van der Waals surface area (Å²) >= 11 is 0. The largest absolute Gasteiger partial charge is 0.393 e. The van der Waals surface area contributed by atoms with Crippen LogP contribution in [0.4, 0.5) is 0 Å². The van der Waals surface area contributed by atoms with E-state index in [0.717, 1.165) is 18.0 Å². The first-order valence-corrected chi connectivity index (χ1v) is 5.77. The Hall–Kier alpha value is -0.900. The zero-order chi connectivity index (χ0) is 10.7. The highest BCUT2D eigenvalue weighted by atomic mass is 16.3. The van der Waals surface area contributed by atoms with Gasteiger partial charge in [0, 0.05) is 19.7 Å². The molecule has 0 aromatic carbocycles. The van der Waals surface area contributed by atoms with Gasteiger partial charge in [-0.15, -0.1) is 5.10 Å². The first-order valence-electron chi connectivity index (χ1n) is 5.77. The highest BCUT2D eigenvalue weighted by Crippen LogP contribution is 2.29. The number of aliphatic hydroxyl groups excluding tert-OH is 1. The van der Waals surface area contributed by atoms with Crippen molar-refractivity contribution in [1.29, 1.82) is 0 Å². The van der Waals surface area contributed by atoms with Gasteiger partial charge >= 0.3 is 0 Å². The highest BCUT2D eigenvalue weighted by Gasteiger charge is 2.19. The molecule has 0 saturated heterocycles. The van der Waals surface area contributed by atoms with E-state index in [4.69, 9.17) is 0 Å². The van der Waals surface area contributed by atoms with Crippen molar-refractivity contribution in [2.75, 3.05) is 0 Å². The summed E-state index contributed by atoms with van der Waals surface area (Å²) in [6, 6.07) is 0. The lowest BCUT2D eigenvalue weighted by atomic mass is 9.98. The summed E-state index contributed by atoms with van der Waals surface area (Å²) in [4.78, 5) is 0. The molecule has 1 N–H and O–H groups in total. The Morgan fingerprint density at radius 1 is 1.53 bits per heavy atom. The molecule has 1 aliphatic carbocycles. The molecule has 1 unspecified atom stereocenters. The standard InChI is InChI=1S/C11H19N3O/c1-14-8-10(12-13-14)7-11(15)6-9-4-2-3-5-9/h8-9,11,15H,2-7H2,1H3. The van der Waals surface area contributed by atoms with Gasteiger partial charge in [0.2, 0.25) is 0 Å². The summed E-state index contributed by atoms with van der Waals surface area (Å²) in [5.41, 5.74) is 0.892. The second-order valence-electron chi connectivity index (χ2n) is 4.63. The number of nitrogens with zero attached hydrogens (tertiary/aromatic N) is 3. The van der Waals surface area contributed by atoms with Crippen LogP contribution in [0.3, 0.4) is 0 Å². The van der Waals surface area contributed by atoms with Crippen LogP contribution in [0.1, 0.15) is 37.8 Å². The molecule has 84 valence electrons. The average Bonchev–Trinajstić information content (AvgIpc) is 2.77. The van der Waals surface area contributed by atoms with E-state index in [-0.39, 0.29) is 6.10 Å². The number of hydrogen-bond acceptors (Lipinski definition) is 3. The molecule has 0 amide bonds. The number of aliphatic hydroxyl groups is 1. The van der Waals surface area contributed by atoms with Crippen molar-refractivity contribution in [3.63, 3.8) is 0 Å². The van der Waals surface area contributed by atoms with Gasteiger partial charge in [0.1, 0.15) is 0 Å². The summed E-state index contributed by atoms with van der Waals surface area (Å²) in [5.74, 6) is 0.733. The van der Waals surface area contributed by atoms with Crippen molar-refractivity contribution in [3.05, 3.63) is 11.9 Å². The lowest BCUT2D eigenvalue weighted by Gasteiger charge is -2.13. The van der Waals surface area contributed by atoms with Crippen molar-refractivity contribution in [3.8, 4) is 0 Å². The maximum absolute atomic E-state index is 9.90. The van der Waals surface area contributed by atoms with Crippen molar-refractivity contribution in [2.24, 2.45) is 13.0 Å². The van der Waals surface area contributed by atoms with Gasteiger partial charge in [-0.2, -0.15) is 0 Å². The summed E-state index contributed by atoms with van der Waals surface area (Å²) in [6.07, 6.45) is 8.45. The molecule has 0 aliphatic heterocycles. The summed E-state index contributed by atoms with van der Waals surface area (Å²) < 4.78 is 1.68. The lowest BCUT2D eigenvalue weighted by molar-refractivity contribution is 0.142. The maximum Gasteiger partial charge on any atom is 0.0852 e. The third kappa shape index (κ3) is 3.02. The van der Waals surface area contributed by atoms with Crippen LogP contribution in [0.2, 0.25) is 0 Å². The van der Waals surface area contributed by atoms with Crippen LogP contribution in [0, 0.1) is 5.92 Å². The Morgan fingerprint density at radius 3 is 2.87 bits per heavy atom. The summed E-state index contributed by atoms with van der Waals surface area (Å²) in [7, 11) is 1.85. The van der Waals surface area contributed by atoms with Crippen LogP contribution in [0.5, 0.6) is 0 Å². The zero-order valence-corrected chi connectivity index (χ0v) is 9.26. The molecule has 1 saturated carbocycles. The third-order valence-corrected chi connectivity index (χ3v) is 3.18. The average molecular weight is 209 g/mol. The smallest absolute Gasteiger partial charge is 0.0852 e. The topological polar surface area (TPSA) is 50.9 Å². The number of hydrogen-bond donors (Lipinski definition) is 1. The molecular formula is C11H19N3O. The van der Waals surface area contributed by atoms with E-state index in [1.807, 2.05) is 13.2 Å². The first kappa shape index (κ1) is 10.6. The van der Waals surface area contributed by atoms with Crippen molar-refractivity contribution in [1.82, 2.24) is 15.0 Å². The number of aromatic nitrogens is 3. The van der Waals surface area contributed by atoms with E-state index in [2.05, 4.69) is 10.3 Å². The predicted octanol–water partition coefficient (Wildman–Crippen LogP) is 1.30. The van der Waals surface area contributed by atoms with Crippen LogP contribution in [0.25, 0.3) is 0 Å². The minimum Gasteiger partial charge on any atom is -0.393 e. The van der Waals surface area contributed by atoms with E-state index in [1.165, 1.54) is 25.7 Å². The fraction of sp³-hybridized carbons (Fsp3) is 0.818. The summed E-state index contributed by atoms with van der Waals surface area (Å²) in [5, 5.41) is 17.7. The summed E-state index contributed by atoms with van der Waals surface area (Å²) in [6.45, 7) is 0. The molecule has 1 fully saturated rings. The molecular weight excluding hydrogens is 190 g/mol. The first-order chi connectivity index (χ1) is 7.24. The lowest BCUT2D eigenvalue weighted by Crippen LogP contribution is -2.15. The molecule has 1 atom stereocenters. The number of rotatable bonds is 4. The van der Waals surface area contributed by atoms with Crippen LogP contribution < -0.4 is 0 Å². The van der Waals surface area contributed by atoms with Crippen molar-refractivity contribution >= 4 is 0 Å². The van der Waals surface area contributed by atoms with Crippen LogP contribution in [-0.2, 0) is 13.5 Å². The zero-order valence-electron chi connectivity index (χ0n) is 9.26. The van der Waals surface area contributed by atoms with Crippen LogP contribution in [0.15, 0.2) is 6.20 Å². The molecule has 4 heteroatoms. The maximum atomic E-state index is 9.90. The molecule has 1 aliphatic rings. The Morgan fingerprint density at radius 2 is 2.27 bits per heavy atom. The molecule has 15 heavy (non-hydrogen) atoms.